The lowest BCUT2D eigenvalue weighted by molar-refractivity contribution is -0.193. The zero-order chi connectivity index (χ0) is 34.9. The molecule has 1 saturated carbocycles. The Balaban J connectivity index is 0.000000360. The summed E-state index contributed by atoms with van der Waals surface area (Å²) in [5, 5.41) is 26.3. The van der Waals surface area contributed by atoms with E-state index in [9.17, 15) is 31.1 Å². The van der Waals surface area contributed by atoms with Crippen LogP contribution < -0.4 is 5.32 Å². The number of piperazine rings is 1. The van der Waals surface area contributed by atoms with Crippen molar-refractivity contribution in [3.05, 3.63) is 59.8 Å². The largest absolute Gasteiger partial charge is 0.490 e. The number of aromatic nitrogens is 4. The fraction of sp³-hybridized carbons (Fsp3) is 0.517. The molecule has 3 aromatic heterocycles. The SMILES string of the molecule is CC(C)N1CCN(CC2CC2)CC1c1nnc2ccc(C(=O)NCCc3cccnc3)cn12.O=C(O)C(F)(F)F.O=C(O)C(F)(F)F. The quantitative estimate of drug-likeness (QED) is 0.300. The zero-order valence-corrected chi connectivity index (χ0v) is 25.5. The number of nitrogens with one attached hydrogen (secondary N) is 1. The van der Waals surface area contributed by atoms with Gasteiger partial charge in [-0.05, 0) is 62.8 Å². The molecule has 47 heavy (non-hydrogen) atoms. The van der Waals surface area contributed by atoms with Gasteiger partial charge in [-0.15, -0.1) is 10.2 Å². The Hall–Kier alpha value is -4.32. The molecule has 1 aliphatic carbocycles. The first-order valence-corrected chi connectivity index (χ1v) is 14.6. The summed E-state index contributed by atoms with van der Waals surface area (Å²) in [5.41, 5.74) is 2.51. The lowest BCUT2D eigenvalue weighted by Crippen LogP contribution is -2.51. The molecule has 0 aromatic carbocycles. The van der Waals surface area contributed by atoms with E-state index in [4.69, 9.17) is 19.8 Å². The molecule has 258 valence electrons. The van der Waals surface area contributed by atoms with Crippen molar-refractivity contribution in [3.63, 3.8) is 0 Å². The number of aliphatic carboxylic acids is 2. The van der Waals surface area contributed by atoms with Gasteiger partial charge in [-0.25, -0.2) is 9.59 Å². The predicted octanol–water partition coefficient (Wildman–Crippen LogP) is 3.84. The zero-order valence-electron chi connectivity index (χ0n) is 25.5. The Bertz CT molecular complexity index is 1470. The third-order valence-corrected chi connectivity index (χ3v) is 7.28. The van der Waals surface area contributed by atoms with Gasteiger partial charge in [0, 0.05) is 57.4 Å². The molecular weight excluding hydrogens is 640 g/mol. The fourth-order valence-electron chi connectivity index (χ4n) is 4.77. The minimum atomic E-state index is -5.08. The van der Waals surface area contributed by atoms with Crippen LogP contribution in [-0.4, -0.2) is 109 Å². The number of carbonyl (C=O) groups is 3. The molecule has 1 saturated heterocycles. The molecule has 18 heteroatoms. The van der Waals surface area contributed by atoms with Crippen LogP contribution in [0, 0.1) is 5.92 Å². The van der Waals surface area contributed by atoms with Crippen molar-refractivity contribution in [2.75, 3.05) is 32.7 Å². The molecule has 3 aromatic rings. The van der Waals surface area contributed by atoms with Gasteiger partial charge in [-0.2, -0.15) is 26.3 Å². The van der Waals surface area contributed by atoms with Crippen LogP contribution in [-0.2, 0) is 16.0 Å². The van der Waals surface area contributed by atoms with Gasteiger partial charge in [0.1, 0.15) is 0 Å². The minimum absolute atomic E-state index is 0.0832. The van der Waals surface area contributed by atoms with Crippen molar-refractivity contribution in [3.8, 4) is 0 Å². The maximum Gasteiger partial charge on any atom is 0.490 e. The molecule has 1 amide bonds. The number of nitrogens with zero attached hydrogens (tertiary/aromatic N) is 6. The third-order valence-electron chi connectivity index (χ3n) is 7.28. The summed E-state index contributed by atoms with van der Waals surface area (Å²) >= 11 is 0. The molecule has 2 aliphatic rings. The highest BCUT2D eigenvalue weighted by atomic mass is 19.4. The summed E-state index contributed by atoms with van der Waals surface area (Å²) in [5.74, 6) is -3.81. The first-order valence-electron chi connectivity index (χ1n) is 14.6. The van der Waals surface area contributed by atoms with E-state index < -0.39 is 24.3 Å². The van der Waals surface area contributed by atoms with Crippen LogP contribution in [0.1, 0.15) is 54.5 Å². The number of rotatable bonds is 8. The summed E-state index contributed by atoms with van der Waals surface area (Å²) < 4.78 is 65.5. The number of hydrogen-bond donors (Lipinski definition) is 3. The number of pyridine rings is 2. The van der Waals surface area contributed by atoms with Gasteiger partial charge in [-0.3, -0.25) is 24.0 Å². The molecule has 5 rings (SSSR count). The van der Waals surface area contributed by atoms with Crippen LogP contribution in [0.3, 0.4) is 0 Å². The lowest BCUT2D eigenvalue weighted by atomic mass is 10.1. The van der Waals surface area contributed by atoms with Crippen molar-refractivity contribution >= 4 is 23.5 Å². The molecule has 1 atom stereocenters. The predicted molar refractivity (Wildman–Crippen MR) is 154 cm³/mol. The number of halogens is 6. The highest BCUT2D eigenvalue weighted by Crippen LogP contribution is 2.33. The van der Waals surface area contributed by atoms with Crippen LogP contribution in [0.4, 0.5) is 26.3 Å². The van der Waals surface area contributed by atoms with Crippen LogP contribution in [0.15, 0.2) is 42.9 Å². The summed E-state index contributed by atoms with van der Waals surface area (Å²) in [4.78, 5) is 39.9. The molecule has 4 heterocycles. The van der Waals surface area contributed by atoms with Crippen LogP contribution >= 0.6 is 0 Å². The van der Waals surface area contributed by atoms with Crippen LogP contribution in [0.25, 0.3) is 5.65 Å². The number of hydrogen-bond acceptors (Lipinski definition) is 8. The van der Waals surface area contributed by atoms with Crippen molar-refractivity contribution < 1.29 is 50.9 Å². The molecular formula is C29H35F6N7O5. The van der Waals surface area contributed by atoms with Gasteiger partial charge in [0.25, 0.3) is 5.91 Å². The Kier molecular flexibility index (Phi) is 12.6. The van der Waals surface area contributed by atoms with Gasteiger partial charge in [0.05, 0.1) is 11.6 Å². The average Bonchev–Trinajstić information content (AvgIpc) is 3.71. The number of carboxylic acids is 2. The third kappa shape index (κ3) is 11.5. The standard InChI is InChI=1S/C25H33N7O.2C2HF3O2/c1-18(2)31-13-12-30(15-20-5-6-20)17-22(31)24-29-28-23-8-7-21(16-32(23)24)25(33)27-11-9-19-4-3-10-26-14-19;2*3-2(4,5)1(6)7/h3-4,7-8,10,14,16,18,20,22H,5-6,9,11-13,15,17H2,1-2H3,(H,27,33);2*(H,6,7). The van der Waals surface area contributed by atoms with E-state index in [1.165, 1.54) is 19.4 Å². The van der Waals surface area contributed by atoms with E-state index in [0.717, 1.165) is 49.0 Å². The van der Waals surface area contributed by atoms with Gasteiger partial charge in [0.2, 0.25) is 0 Å². The van der Waals surface area contributed by atoms with E-state index in [-0.39, 0.29) is 11.9 Å². The Morgan fingerprint density at radius 3 is 2.15 bits per heavy atom. The number of carboxylic acid groups (broad SMARTS) is 2. The van der Waals surface area contributed by atoms with Gasteiger partial charge < -0.3 is 15.5 Å². The smallest absolute Gasteiger partial charge is 0.475 e. The topological polar surface area (TPSA) is 153 Å². The fourth-order valence-corrected chi connectivity index (χ4v) is 4.77. The van der Waals surface area contributed by atoms with Crippen molar-refractivity contribution in [2.45, 2.75) is 57.5 Å². The first-order chi connectivity index (χ1) is 22.0. The first kappa shape index (κ1) is 37.1. The van der Waals surface area contributed by atoms with E-state index >= 15 is 0 Å². The second-order valence-corrected chi connectivity index (χ2v) is 11.2. The number of carbonyl (C=O) groups excluding carboxylic acids is 1. The Morgan fingerprint density at radius 1 is 0.979 bits per heavy atom. The summed E-state index contributed by atoms with van der Waals surface area (Å²) in [6.07, 6.45) is -1.21. The highest BCUT2D eigenvalue weighted by Gasteiger charge is 2.39. The molecule has 0 radical (unpaired) electrons. The molecule has 2 fully saturated rings. The van der Waals surface area contributed by atoms with Crippen molar-refractivity contribution in [2.24, 2.45) is 5.92 Å². The van der Waals surface area contributed by atoms with Gasteiger partial charge in [-0.1, -0.05) is 6.07 Å². The second kappa shape index (κ2) is 16.0. The van der Waals surface area contributed by atoms with Gasteiger partial charge in [0.15, 0.2) is 11.5 Å². The number of fused-ring (bicyclic) bond motifs is 1. The normalized spacial score (nSPS) is 17.3. The number of amides is 1. The second-order valence-electron chi connectivity index (χ2n) is 11.2. The summed E-state index contributed by atoms with van der Waals surface area (Å²) in [6.45, 7) is 9.32. The molecule has 12 nitrogen and oxygen atoms in total. The van der Waals surface area contributed by atoms with E-state index in [1.807, 2.05) is 41.1 Å². The maximum absolute atomic E-state index is 12.8. The average molecular weight is 676 g/mol. The van der Waals surface area contributed by atoms with E-state index in [0.29, 0.717) is 18.2 Å². The molecule has 1 unspecified atom stereocenters. The molecule has 0 bridgehead atoms. The van der Waals surface area contributed by atoms with Crippen LogP contribution in [0.5, 0.6) is 0 Å². The molecule has 0 spiro atoms. The van der Waals surface area contributed by atoms with Crippen molar-refractivity contribution in [1.29, 1.82) is 0 Å². The van der Waals surface area contributed by atoms with E-state index in [2.05, 4.69) is 44.1 Å². The minimum Gasteiger partial charge on any atom is -0.475 e. The monoisotopic (exact) mass is 675 g/mol. The Morgan fingerprint density at radius 2 is 1.62 bits per heavy atom. The summed E-state index contributed by atoms with van der Waals surface area (Å²) in [7, 11) is 0. The lowest BCUT2D eigenvalue weighted by Gasteiger charge is -2.42. The highest BCUT2D eigenvalue weighted by molar-refractivity contribution is 5.94. The van der Waals surface area contributed by atoms with E-state index in [1.54, 1.807) is 6.20 Å². The van der Waals surface area contributed by atoms with Crippen molar-refractivity contribution in [1.82, 2.24) is 34.7 Å². The molecule has 3 N–H and O–H groups in total. The summed E-state index contributed by atoms with van der Waals surface area (Å²) in [6, 6.07) is 8.23. The Labute approximate surface area is 265 Å². The number of alkyl halides is 6. The van der Waals surface area contributed by atoms with Gasteiger partial charge >= 0.3 is 24.3 Å². The molecule has 1 aliphatic heterocycles. The van der Waals surface area contributed by atoms with Crippen LogP contribution in [0.2, 0.25) is 0 Å². The maximum atomic E-state index is 12.8.